The number of fused-ring (bicyclic) bond motifs is 1. The van der Waals surface area contributed by atoms with Crippen molar-refractivity contribution in [2.75, 3.05) is 7.11 Å². The van der Waals surface area contributed by atoms with Gasteiger partial charge in [-0.15, -0.1) is 0 Å². The molecule has 0 unspecified atom stereocenters. The zero-order valence-electron chi connectivity index (χ0n) is 15.0. The summed E-state index contributed by atoms with van der Waals surface area (Å²) in [4.78, 5) is 0. The number of hydrogen-bond donors (Lipinski definition) is 2. The van der Waals surface area contributed by atoms with Gasteiger partial charge in [0.1, 0.15) is 5.75 Å². The molecule has 1 aliphatic rings. The van der Waals surface area contributed by atoms with Gasteiger partial charge in [-0.25, -0.2) is 0 Å². The molecule has 0 saturated heterocycles. The zero-order valence-corrected chi connectivity index (χ0v) is 15.0. The monoisotopic (exact) mass is 328 g/mol. The van der Waals surface area contributed by atoms with Gasteiger partial charge in [0.05, 0.1) is 18.8 Å². The molecule has 2 N–H and O–H groups in total. The van der Waals surface area contributed by atoms with Crippen molar-refractivity contribution < 1.29 is 14.9 Å². The van der Waals surface area contributed by atoms with Crippen molar-refractivity contribution in [3.8, 4) is 5.75 Å². The van der Waals surface area contributed by atoms with Crippen LogP contribution in [0.15, 0.2) is 36.4 Å². The first kappa shape index (κ1) is 17.2. The van der Waals surface area contributed by atoms with Crippen LogP contribution in [-0.4, -0.2) is 29.0 Å². The molecule has 1 aliphatic carbocycles. The van der Waals surface area contributed by atoms with Crippen LogP contribution in [-0.2, 0) is 0 Å². The Morgan fingerprint density at radius 3 is 2.46 bits per heavy atom. The van der Waals surface area contributed by atoms with E-state index in [-0.39, 0.29) is 17.4 Å². The molecule has 3 rings (SSSR count). The van der Waals surface area contributed by atoms with Crippen molar-refractivity contribution in [3.63, 3.8) is 0 Å². The number of methoxy groups -OCH3 is 1. The molecule has 0 spiro atoms. The molecular weight excluding hydrogens is 300 g/mol. The standard InChI is InChI=1S/C21H28O3/c1-20(2,23)13-21(3)18(9-10-19(21)22)16-6-5-15-12-17(24-4)8-7-14(15)11-16/h5-8,11-12,18-19,22-23H,9-10,13H2,1-4H3/t18-,19-,21-/m0/s1. The minimum Gasteiger partial charge on any atom is -0.497 e. The highest BCUT2D eigenvalue weighted by Gasteiger charge is 2.48. The second kappa shape index (κ2) is 6.05. The van der Waals surface area contributed by atoms with Crippen molar-refractivity contribution >= 4 is 10.8 Å². The van der Waals surface area contributed by atoms with Gasteiger partial charge in [-0.2, -0.15) is 0 Å². The van der Waals surface area contributed by atoms with Crippen LogP contribution in [0.5, 0.6) is 5.75 Å². The molecule has 0 bridgehead atoms. The Morgan fingerprint density at radius 2 is 1.79 bits per heavy atom. The largest absolute Gasteiger partial charge is 0.497 e. The minimum absolute atomic E-state index is 0.255. The van der Waals surface area contributed by atoms with E-state index >= 15 is 0 Å². The molecular formula is C21H28O3. The van der Waals surface area contributed by atoms with Crippen molar-refractivity contribution in [1.82, 2.24) is 0 Å². The quantitative estimate of drug-likeness (QED) is 0.882. The summed E-state index contributed by atoms with van der Waals surface area (Å²) >= 11 is 0. The molecule has 24 heavy (non-hydrogen) atoms. The Morgan fingerprint density at radius 1 is 1.12 bits per heavy atom. The molecule has 130 valence electrons. The van der Waals surface area contributed by atoms with Crippen molar-refractivity contribution in [2.24, 2.45) is 5.41 Å². The third kappa shape index (κ3) is 3.15. The van der Waals surface area contributed by atoms with Gasteiger partial charge in [-0.1, -0.05) is 31.2 Å². The van der Waals surface area contributed by atoms with Crippen LogP contribution in [0.4, 0.5) is 0 Å². The van der Waals surface area contributed by atoms with Gasteiger partial charge >= 0.3 is 0 Å². The molecule has 0 radical (unpaired) electrons. The summed E-state index contributed by atoms with van der Waals surface area (Å²) in [6.45, 7) is 5.77. The van der Waals surface area contributed by atoms with Crippen LogP contribution in [0, 0.1) is 5.41 Å². The highest BCUT2D eigenvalue weighted by atomic mass is 16.5. The van der Waals surface area contributed by atoms with Gasteiger partial charge < -0.3 is 14.9 Å². The van der Waals surface area contributed by atoms with Crippen molar-refractivity contribution in [2.45, 2.75) is 57.7 Å². The SMILES string of the molecule is COc1ccc2cc([C@@H]3CC[C@H](O)[C@@]3(C)CC(C)(C)O)ccc2c1. The van der Waals surface area contributed by atoms with Crippen LogP contribution >= 0.6 is 0 Å². The summed E-state index contributed by atoms with van der Waals surface area (Å²) in [6.07, 6.45) is 1.96. The molecule has 2 aromatic rings. The average Bonchev–Trinajstić information content (AvgIpc) is 2.79. The van der Waals surface area contributed by atoms with Gasteiger partial charge in [-0.05, 0) is 67.5 Å². The first-order chi connectivity index (χ1) is 11.2. The van der Waals surface area contributed by atoms with E-state index in [0.717, 1.165) is 24.0 Å². The van der Waals surface area contributed by atoms with Crippen LogP contribution in [0.1, 0.15) is 51.5 Å². The number of benzene rings is 2. The molecule has 0 amide bonds. The number of aliphatic hydroxyl groups excluding tert-OH is 1. The second-order valence-corrected chi connectivity index (χ2v) is 8.11. The van der Waals surface area contributed by atoms with E-state index in [2.05, 4.69) is 31.2 Å². The second-order valence-electron chi connectivity index (χ2n) is 8.11. The van der Waals surface area contributed by atoms with Crippen LogP contribution in [0.2, 0.25) is 0 Å². The Kier molecular flexibility index (Phi) is 4.35. The predicted molar refractivity (Wildman–Crippen MR) is 97.5 cm³/mol. The van der Waals surface area contributed by atoms with E-state index in [9.17, 15) is 10.2 Å². The molecule has 0 aromatic heterocycles. The Bertz CT molecular complexity index is 731. The molecule has 3 heteroatoms. The lowest BCUT2D eigenvalue weighted by molar-refractivity contribution is -0.0275. The Hall–Kier alpha value is -1.58. The van der Waals surface area contributed by atoms with E-state index in [1.165, 1.54) is 10.9 Å². The van der Waals surface area contributed by atoms with Gasteiger partial charge in [0, 0.05) is 5.41 Å². The van der Waals surface area contributed by atoms with Gasteiger partial charge in [0.15, 0.2) is 0 Å². The molecule has 3 atom stereocenters. The average molecular weight is 328 g/mol. The van der Waals surface area contributed by atoms with Crippen molar-refractivity contribution in [3.05, 3.63) is 42.0 Å². The fraction of sp³-hybridized carbons (Fsp3) is 0.524. The lowest BCUT2D eigenvalue weighted by Gasteiger charge is -2.39. The van der Waals surface area contributed by atoms with Crippen LogP contribution in [0.3, 0.4) is 0 Å². The summed E-state index contributed by atoms with van der Waals surface area (Å²) in [5, 5.41) is 23.3. The molecule has 3 nitrogen and oxygen atoms in total. The van der Waals surface area contributed by atoms with Crippen LogP contribution < -0.4 is 4.74 Å². The molecule has 0 aliphatic heterocycles. The third-order valence-corrected chi connectivity index (χ3v) is 5.57. The highest BCUT2D eigenvalue weighted by molar-refractivity contribution is 5.84. The normalized spacial score (nSPS) is 27.6. The molecule has 2 aromatic carbocycles. The van der Waals surface area contributed by atoms with Gasteiger partial charge in [0.25, 0.3) is 0 Å². The fourth-order valence-electron chi connectivity index (χ4n) is 4.52. The lowest BCUT2D eigenvalue weighted by Crippen LogP contribution is -2.38. The summed E-state index contributed by atoms with van der Waals surface area (Å²) in [5.41, 5.74) is 0.150. The zero-order chi connectivity index (χ0) is 17.5. The summed E-state index contributed by atoms with van der Waals surface area (Å²) < 4.78 is 5.29. The summed E-state index contributed by atoms with van der Waals surface area (Å²) in [5.74, 6) is 1.11. The van der Waals surface area contributed by atoms with E-state index < -0.39 is 5.60 Å². The van der Waals surface area contributed by atoms with E-state index in [1.807, 2.05) is 26.0 Å². The summed E-state index contributed by atoms with van der Waals surface area (Å²) in [6, 6.07) is 12.6. The highest BCUT2D eigenvalue weighted by Crippen LogP contribution is 2.53. The number of aliphatic hydroxyl groups is 2. The van der Waals surface area contributed by atoms with Gasteiger partial charge in [0.2, 0.25) is 0 Å². The predicted octanol–water partition coefficient (Wildman–Crippen LogP) is 4.25. The van der Waals surface area contributed by atoms with E-state index in [0.29, 0.717) is 6.42 Å². The molecule has 0 heterocycles. The first-order valence-corrected chi connectivity index (χ1v) is 8.71. The van der Waals surface area contributed by atoms with Crippen LogP contribution in [0.25, 0.3) is 10.8 Å². The smallest absolute Gasteiger partial charge is 0.119 e. The summed E-state index contributed by atoms with van der Waals surface area (Å²) in [7, 11) is 1.68. The minimum atomic E-state index is -0.789. The maximum Gasteiger partial charge on any atom is 0.119 e. The number of hydrogen-bond acceptors (Lipinski definition) is 3. The fourth-order valence-corrected chi connectivity index (χ4v) is 4.52. The molecule has 1 fully saturated rings. The maximum atomic E-state index is 10.6. The third-order valence-electron chi connectivity index (χ3n) is 5.57. The van der Waals surface area contributed by atoms with E-state index in [1.54, 1.807) is 7.11 Å². The maximum absolute atomic E-state index is 10.6. The Labute approximate surface area is 144 Å². The first-order valence-electron chi connectivity index (χ1n) is 8.71. The Balaban J connectivity index is 1.99. The lowest BCUT2D eigenvalue weighted by atomic mass is 9.69. The van der Waals surface area contributed by atoms with Gasteiger partial charge in [-0.3, -0.25) is 0 Å². The number of ether oxygens (including phenoxy) is 1. The van der Waals surface area contributed by atoms with Crippen molar-refractivity contribution in [1.29, 1.82) is 0 Å². The number of rotatable bonds is 4. The topological polar surface area (TPSA) is 49.7 Å². The van der Waals surface area contributed by atoms with E-state index in [4.69, 9.17) is 4.74 Å². The molecule has 1 saturated carbocycles.